The quantitative estimate of drug-likeness (QED) is 0.0420. The molecule has 0 saturated carbocycles. The van der Waals surface area contributed by atoms with Crippen molar-refractivity contribution in [2.45, 2.75) is 334 Å². The SMILES string of the molecule is CC/C=C\C/C=C\C/C=C\C/C=C\CCCCCCCCCCCCCCCCCCCCCCCCCCCCC(=O)NC(CO)C(O)CCCCCCCCCCCCCCCCC. The van der Waals surface area contributed by atoms with Gasteiger partial charge in [0.15, 0.2) is 0 Å². The second-order valence-corrected chi connectivity index (χ2v) is 20.4. The number of carbonyl (C=O) groups excluding carboxylic acids is 1. The second-order valence-electron chi connectivity index (χ2n) is 20.4. The summed E-state index contributed by atoms with van der Waals surface area (Å²) in [5.41, 5.74) is 0. The monoisotopic (exact) mass is 924 g/mol. The summed E-state index contributed by atoms with van der Waals surface area (Å²) >= 11 is 0. The highest BCUT2D eigenvalue weighted by molar-refractivity contribution is 5.76. The third-order valence-corrected chi connectivity index (χ3v) is 13.9. The summed E-state index contributed by atoms with van der Waals surface area (Å²) in [6, 6.07) is -0.534. The van der Waals surface area contributed by atoms with Gasteiger partial charge < -0.3 is 15.5 Å². The van der Waals surface area contributed by atoms with E-state index in [0.29, 0.717) is 12.8 Å². The van der Waals surface area contributed by atoms with E-state index in [0.717, 1.165) is 51.4 Å². The van der Waals surface area contributed by atoms with Gasteiger partial charge in [-0.05, 0) is 51.4 Å². The number of nitrogens with one attached hydrogen (secondary N) is 1. The molecular formula is C62H117NO3. The van der Waals surface area contributed by atoms with Gasteiger partial charge in [-0.15, -0.1) is 0 Å². The zero-order valence-electron chi connectivity index (χ0n) is 44.7. The minimum Gasteiger partial charge on any atom is -0.394 e. The van der Waals surface area contributed by atoms with Crippen LogP contribution in [0.5, 0.6) is 0 Å². The molecular weight excluding hydrogens is 807 g/mol. The molecule has 0 aromatic rings. The molecule has 0 bridgehead atoms. The van der Waals surface area contributed by atoms with Crippen LogP contribution in [0.25, 0.3) is 0 Å². The molecule has 0 aliphatic carbocycles. The number of amides is 1. The Kier molecular flexibility index (Phi) is 56.2. The van der Waals surface area contributed by atoms with Crippen LogP contribution in [0, 0.1) is 0 Å². The van der Waals surface area contributed by atoms with Gasteiger partial charge in [0.1, 0.15) is 0 Å². The molecule has 0 radical (unpaired) electrons. The number of hydrogen-bond acceptors (Lipinski definition) is 3. The summed E-state index contributed by atoms with van der Waals surface area (Å²) in [7, 11) is 0. The van der Waals surface area contributed by atoms with Crippen molar-refractivity contribution in [2.75, 3.05) is 6.61 Å². The average molecular weight is 925 g/mol. The van der Waals surface area contributed by atoms with Crippen LogP contribution in [0.1, 0.15) is 322 Å². The van der Waals surface area contributed by atoms with Crippen LogP contribution in [0.3, 0.4) is 0 Å². The van der Waals surface area contributed by atoms with Gasteiger partial charge in [-0.25, -0.2) is 0 Å². The third-order valence-electron chi connectivity index (χ3n) is 13.9. The molecule has 0 saturated heterocycles. The number of rotatable bonds is 55. The van der Waals surface area contributed by atoms with E-state index < -0.39 is 12.1 Å². The van der Waals surface area contributed by atoms with Crippen LogP contribution in [0.15, 0.2) is 48.6 Å². The van der Waals surface area contributed by atoms with Crippen LogP contribution in [0.2, 0.25) is 0 Å². The number of hydrogen-bond donors (Lipinski definition) is 3. The summed E-state index contributed by atoms with van der Waals surface area (Å²) in [5.74, 6) is -0.0255. The van der Waals surface area contributed by atoms with Gasteiger partial charge in [-0.2, -0.15) is 0 Å². The zero-order valence-corrected chi connectivity index (χ0v) is 44.7. The van der Waals surface area contributed by atoms with E-state index in [1.54, 1.807) is 0 Å². The van der Waals surface area contributed by atoms with Crippen LogP contribution < -0.4 is 5.32 Å². The fourth-order valence-corrected chi connectivity index (χ4v) is 9.36. The van der Waals surface area contributed by atoms with Crippen molar-refractivity contribution < 1.29 is 15.0 Å². The molecule has 0 spiro atoms. The Balaban J connectivity index is 3.37. The first-order valence-electron chi connectivity index (χ1n) is 29.8. The van der Waals surface area contributed by atoms with E-state index in [9.17, 15) is 15.0 Å². The van der Waals surface area contributed by atoms with Gasteiger partial charge in [-0.1, -0.05) is 313 Å². The van der Waals surface area contributed by atoms with E-state index in [2.05, 4.69) is 67.8 Å². The minimum atomic E-state index is -0.657. The van der Waals surface area contributed by atoms with Crippen molar-refractivity contribution >= 4 is 5.91 Å². The van der Waals surface area contributed by atoms with E-state index >= 15 is 0 Å². The molecule has 0 aliphatic heterocycles. The molecule has 3 N–H and O–H groups in total. The van der Waals surface area contributed by atoms with Crippen LogP contribution in [0.4, 0.5) is 0 Å². The molecule has 4 heteroatoms. The highest BCUT2D eigenvalue weighted by Gasteiger charge is 2.20. The normalized spacial score (nSPS) is 13.1. The fraction of sp³-hybridized carbons (Fsp3) is 0.855. The minimum absolute atomic E-state index is 0.0255. The van der Waals surface area contributed by atoms with E-state index in [4.69, 9.17) is 0 Å². The Morgan fingerprint density at radius 3 is 1.00 bits per heavy atom. The van der Waals surface area contributed by atoms with Gasteiger partial charge in [-0.3, -0.25) is 4.79 Å². The lowest BCUT2D eigenvalue weighted by atomic mass is 10.0. The smallest absolute Gasteiger partial charge is 0.220 e. The van der Waals surface area contributed by atoms with Crippen molar-refractivity contribution in [3.05, 3.63) is 48.6 Å². The summed E-state index contributed by atoms with van der Waals surface area (Å²) in [6.07, 6.45) is 79.8. The standard InChI is InChI=1S/C62H117NO3/c1-3-5-7-9-11-13-15-17-19-20-21-22-23-24-25-26-27-28-29-30-31-32-33-34-35-36-37-38-39-40-41-42-44-46-48-50-52-54-56-58-62(66)63-60(59-64)61(65)57-55-53-51-49-47-45-43-18-16-14-12-10-8-6-4-2/h5,7,11,13,17,19,21-22,60-61,64-65H,3-4,6,8-10,12,14-16,18,20,23-59H2,1-2H3,(H,63,66)/b7-5-,13-11-,19-17-,22-21-. The maximum atomic E-state index is 12.5. The topological polar surface area (TPSA) is 69.6 Å². The van der Waals surface area contributed by atoms with Gasteiger partial charge in [0.25, 0.3) is 0 Å². The predicted octanol–water partition coefficient (Wildman–Crippen LogP) is 19.8. The summed E-state index contributed by atoms with van der Waals surface area (Å²) in [4.78, 5) is 12.5. The van der Waals surface area contributed by atoms with E-state index in [1.165, 1.54) is 244 Å². The average Bonchev–Trinajstić information content (AvgIpc) is 3.32. The lowest BCUT2D eigenvalue weighted by molar-refractivity contribution is -0.123. The Labute approximate surface area is 414 Å². The van der Waals surface area contributed by atoms with Crippen molar-refractivity contribution in [3.8, 4) is 0 Å². The van der Waals surface area contributed by atoms with E-state index in [-0.39, 0.29) is 12.5 Å². The Hall–Kier alpha value is -1.65. The van der Waals surface area contributed by atoms with Crippen molar-refractivity contribution in [1.29, 1.82) is 0 Å². The highest BCUT2D eigenvalue weighted by Crippen LogP contribution is 2.18. The first-order chi connectivity index (χ1) is 32.7. The van der Waals surface area contributed by atoms with Crippen LogP contribution in [-0.2, 0) is 4.79 Å². The van der Waals surface area contributed by atoms with Crippen LogP contribution >= 0.6 is 0 Å². The maximum absolute atomic E-state index is 12.5. The molecule has 4 nitrogen and oxygen atoms in total. The number of carbonyl (C=O) groups is 1. The lowest BCUT2D eigenvalue weighted by Crippen LogP contribution is -2.45. The number of allylic oxidation sites excluding steroid dienone is 8. The number of aliphatic hydroxyl groups is 2. The molecule has 0 rings (SSSR count). The third kappa shape index (κ3) is 53.3. The lowest BCUT2D eigenvalue weighted by Gasteiger charge is -2.22. The fourth-order valence-electron chi connectivity index (χ4n) is 9.36. The van der Waals surface area contributed by atoms with Gasteiger partial charge in [0.05, 0.1) is 18.8 Å². The molecule has 66 heavy (non-hydrogen) atoms. The second kappa shape index (κ2) is 57.7. The molecule has 1 amide bonds. The van der Waals surface area contributed by atoms with Crippen LogP contribution in [-0.4, -0.2) is 34.9 Å². The summed E-state index contributed by atoms with van der Waals surface area (Å²) in [6.45, 7) is 4.27. The largest absolute Gasteiger partial charge is 0.394 e. The number of aliphatic hydroxyl groups excluding tert-OH is 2. The first-order valence-corrected chi connectivity index (χ1v) is 29.8. The molecule has 0 aromatic carbocycles. The maximum Gasteiger partial charge on any atom is 0.220 e. The Bertz CT molecular complexity index is 1050. The molecule has 0 aliphatic rings. The van der Waals surface area contributed by atoms with Gasteiger partial charge >= 0.3 is 0 Å². The van der Waals surface area contributed by atoms with Gasteiger partial charge in [0, 0.05) is 6.42 Å². The van der Waals surface area contributed by atoms with Crippen molar-refractivity contribution in [1.82, 2.24) is 5.32 Å². The Morgan fingerprint density at radius 2 is 0.667 bits per heavy atom. The molecule has 0 fully saturated rings. The summed E-state index contributed by atoms with van der Waals surface area (Å²) in [5, 5.41) is 23.3. The molecule has 2 atom stereocenters. The van der Waals surface area contributed by atoms with Crippen molar-refractivity contribution in [3.63, 3.8) is 0 Å². The molecule has 388 valence electrons. The predicted molar refractivity (Wildman–Crippen MR) is 295 cm³/mol. The number of unbranched alkanes of at least 4 members (excludes halogenated alkanes) is 40. The molecule has 2 unspecified atom stereocenters. The molecule has 0 heterocycles. The Morgan fingerprint density at radius 1 is 0.379 bits per heavy atom. The zero-order chi connectivity index (χ0) is 47.7. The highest BCUT2D eigenvalue weighted by atomic mass is 16.3. The van der Waals surface area contributed by atoms with Crippen molar-refractivity contribution in [2.24, 2.45) is 0 Å². The summed E-state index contributed by atoms with van der Waals surface area (Å²) < 4.78 is 0. The molecule has 0 aromatic heterocycles. The van der Waals surface area contributed by atoms with E-state index in [1.807, 2.05) is 0 Å². The first kappa shape index (κ1) is 64.3. The van der Waals surface area contributed by atoms with Gasteiger partial charge in [0.2, 0.25) is 5.91 Å².